The number of hydrogen-bond donors (Lipinski definition) is 1. The van der Waals surface area contributed by atoms with Crippen LogP contribution in [0.1, 0.15) is 41.6 Å². The first-order valence-electron chi connectivity index (χ1n) is 6.81. The summed E-state index contributed by atoms with van der Waals surface area (Å²) >= 11 is 0. The molecule has 0 unspecified atom stereocenters. The molecule has 1 aromatic rings. The number of carbonyl (C=O) groups is 1. The molecule has 0 saturated carbocycles. The lowest BCUT2D eigenvalue weighted by atomic mass is 10.0. The fraction of sp³-hybridized carbons (Fsp3) is 0.533. The Morgan fingerprint density at radius 3 is 2.83 bits per heavy atom. The average Bonchev–Trinajstić information content (AvgIpc) is 2.56. The zero-order valence-electron chi connectivity index (χ0n) is 10.8. The Kier molecular flexibility index (Phi) is 4.76. The van der Waals surface area contributed by atoms with Crippen LogP contribution in [0.15, 0.2) is 24.3 Å². The van der Waals surface area contributed by atoms with Gasteiger partial charge in [-0.05, 0) is 43.7 Å². The number of hydrogen-bond acceptors (Lipinski definition) is 2. The summed E-state index contributed by atoms with van der Waals surface area (Å²) in [4.78, 5) is 14.3. The van der Waals surface area contributed by atoms with Crippen molar-refractivity contribution in [2.24, 2.45) is 0 Å². The summed E-state index contributed by atoms with van der Waals surface area (Å²) in [6, 6.07) is 7.93. The van der Waals surface area contributed by atoms with Gasteiger partial charge in [0.25, 0.3) is 5.91 Å². The van der Waals surface area contributed by atoms with E-state index in [1.807, 2.05) is 23.1 Å². The first-order valence-corrected chi connectivity index (χ1v) is 6.81. The van der Waals surface area contributed by atoms with Gasteiger partial charge in [0.05, 0.1) is 0 Å². The highest BCUT2D eigenvalue weighted by Crippen LogP contribution is 2.18. The van der Waals surface area contributed by atoms with Crippen molar-refractivity contribution in [2.45, 2.75) is 32.1 Å². The van der Waals surface area contributed by atoms with Crippen molar-refractivity contribution in [3.63, 3.8) is 0 Å². The number of benzene rings is 1. The van der Waals surface area contributed by atoms with Crippen molar-refractivity contribution in [3.8, 4) is 0 Å². The zero-order valence-corrected chi connectivity index (χ0v) is 10.8. The Morgan fingerprint density at radius 1 is 1.17 bits per heavy atom. The van der Waals surface area contributed by atoms with Crippen LogP contribution in [0.3, 0.4) is 0 Å². The van der Waals surface area contributed by atoms with Crippen molar-refractivity contribution in [2.75, 3.05) is 19.7 Å². The second-order valence-electron chi connectivity index (χ2n) is 4.84. The minimum Gasteiger partial charge on any atom is -0.396 e. The van der Waals surface area contributed by atoms with Crippen molar-refractivity contribution >= 4 is 5.91 Å². The minimum absolute atomic E-state index is 0.173. The molecule has 18 heavy (non-hydrogen) atoms. The Hall–Kier alpha value is -1.35. The van der Waals surface area contributed by atoms with Crippen LogP contribution in [-0.2, 0) is 6.42 Å². The molecule has 1 aromatic carbocycles. The first kappa shape index (κ1) is 13.1. The molecular formula is C15H21NO2. The monoisotopic (exact) mass is 247 g/mol. The maximum atomic E-state index is 12.4. The highest BCUT2D eigenvalue weighted by molar-refractivity contribution is 5.96. The third-order valence-corrected chi connectivity index (χ3v) is 3.50. The average molecular weight is 247 g/mol. The second kappa shape index (κ2) is 6.55. The van der Waals surface area contributed by atoms with Gasteiger partial charge in [0.15, 0.2) is 0 Å². The Balaban J connectivity index is 1.99. The van der Waals surface area contributed by atoms with Crippen molar-refractivity contribution in [1.82, 2.24) is 4.90 Å². The normalized spacial score (nSPS) is 15.4. The summed E-state index contributed by atoms with van der Waals surface area (Å²) in [5.41, 5.74) is 2.05. The van der Waals surface area contributed by atoms with E-state index in [2.05, 4.69) is 6.07 Å². The Labute approximate surface area is 108 Å². The van der Waals surface area contributed by atoms with Gasteiger partial charge in [0.2, 0.25) is 0 Å². The molecule has 0 aromatic heterocycles. The molecule has 3 heteroatoms. The number of aryl methyl sites for hydroxylation is 1. The molecular weight excluding hydrogens is 226 g/mol. The fourth-order valence-corrected chi connectivity index (χ4v) is 2.48. The van der Waals surface area contributed by atoms with Crippen LogP contribution < -0.4 is 0 Å². The van der Waals surface area contributed by atoms with E-state index in [1.54, 1.807) is 0 Å². The van der Waals surface area contributed by atoms with Crippen molar-refractivity contribution < 1.29 is 9.90 Å². The van der Waals surface area contributed by atoms with Gasteiger partial charge in [-0.25, -0.2) is 0 Å². The number of aliphatic hydroxyl groups excluding tert-OH is 1. The standard InChI is InChI=1S/C15H21NO2/c17-12-5-1-4-10-16-11-6-8-13-7-2-3-9-14(13)15(16)18/h2-3,7,9,17H,1,4-6,8,10-12H2. The van der Waals surface area contributed by atoms with Crippen LogP contribution in [0.25, 0.3) is 0 Å². The minimum atomic E-state index is 0.173. The smallest absolute Gasteiger partial charge is 0.254 e. The summed E-state index contributed by atoms with van der Waals surface area (Å²) in [6.07, 6.45) is 4.84. The molecule has 0 bridgehead atoms. The lowest BCUT2D eigenvalue weighted by Crippen LogP contribution is -2.31. The molecule has 0 aliphatic carbocycles. The van der Waals surface area contributed by atoms with E-state index in [0.29, 0.717) is 0 Å². The number of carbonyl (C=O) groups excluding carboxylic acids is 1. The largest absolute Gasteiger partial charge is 0.396 e. The van der Waals surface area contributed by atoms with Crippen LogP contribution >= 0.6 is 0 Å². The summed E-state index contributed by atoms with van der Waals surface area (Å²) in [6.45, 7) is 1.91. The summed E-state index contributed by atoms with van der Waals surface area (Å²) in [5.74, 6) is 0.173. The summed E-state index contributed by atoms with van der Waals surface area (Å²) < 4.78 is 0. The van der Waals surface area contributed by atoms with Gasteiger partial charge in [-0.2, -0.15) is 0 Å². The maximum Gasteiger partial charge on any atom is 0.254 e. The van der Waals surface area contributed by atoms with Crippen LogP contribution in [0.5, 0.6) is 0 Å². The van der Waals surface area contributed by atoms with Gasteiger partial charge in [-0.1, -0.05) is 18.2 Å². The molecule has 1 aliphatic heterocycles. The maximum absolute atomic E-state index is 12.4. The van der Waals surface area contributed by atoms with Crippen LogP contribution in [0, 0.1) is 0 Å². The molecule has 98 valence electrons. The van der Waals surface area contributed by atoms with Crippen LogP contribution in [0.4, 0.5) is 0 Å². The molecule has 0 atom stereocenters. The highest BCUT2D eigenvalue weighted by atomic mass is 16.2. The highest BCUT2D eigenvalue weighted by Gasteiger charge is 2.21. The molecule has 3 nitrogen and oxygen atoms in total. The van der Waals surface area contributed by atoms with Gasteiger partial charge in [0.1, 0.15) is 0 Å². The summed E-state index contributed by atoms with van der Waals surface area (Å²) in [7, 11) is 0. The first-order chi connectivity index (χ1) is 8.83. The lowest BCUT2D eigenvalue weighted by Gasteiger charge is -2.20. The number of nitrogens with zero attached hydrogens (tertiary/aromatic N) is 1. The Bertz CT molecular complexity index is 403. The lowest BCUT2D eigenvalue weighted by molar-refractivity contribution is 0.0757. The molecule has 1 aliphatic rings. The van der Waals surface area contributed by atoms with Gasteiger partial charge in [-0.15, -0.1) is 0 Å². The molecule has 2 rings (SSSR count). The number of aliphatic hydroxyl groups is 1. The van der Waals surface area contributed by atoms with E-state index in [1.165, 1.54) is 5.56 Å². The molecule has 1 N–H and O–H groups in total. The van der Waals surface area contributed by atoms with Crippen molar-refractivity contribution in [3.05, 3.63) is 35.4 Å². The quantitative estimate of drug-likeness (QED) is 0.811. The molecule has 0 saturated heterocycles. The van der Waals surface area contributed by atoms with E-state index in [9.17, 15) is 4.79 Å². The molecule has 1 heterocycles. The molecule has 0 spiro atoms. The van der Waals surface area contributed by atoms with Gasteiger partial charge >= 0.3 is 0 Å². The van der Waals surface area contributed by atoms with Gasteiger partial charge < -0.3 is 10.0 Å². The van der Waals surface area contributed by atoms with E-state index < -0.39 is 0 Å². The molecule has 1 amide bonds. The number of amides is 1. The second-order valence-corrected chi connectivity index (χ2v) is 4.84. The zero-order chi connectivity index (χ0) is 12.8. The number of rotatable bonds is 5. The molecule has 0 fully saturated rings. The third kappa shape index (κ3) is 3.10. The van der Waals surface area contributed by atoms with Gasteiger partial charge in [0, 0.05) is 25.3 Å². The van der Waals surface area contributed by atoms with Crippen LogP contribution in [0.2, 0.25) is 0 Å². The predicted molar refractivity (Wildman–Crippen MR) is 71.6 cm³/mol. The SMILES string of the molecule is O=C1c2ccccc2CCCN1CCCCCO. The fourth-order valence-electron chi connectivity index (χ4n) is 2.48. The summed E-state index contributed by atoms with van der Waals surface area (Å²) in [5, 5.41) is 8.75. The molecule has 0 radical (unpaired) electrons. The van der Waals surface area contributed by atoms with Gasteiger partial charge in [-0.3, -0.25) is 4.79 Å². The van der Waals surface area contributed by atoms with E-state index >= 15 is 0 Å². The van der Waals surface area contributed by atoms with E-state index in [4.69, 9.17) is 5.11 Å². The topological polar surface area (TPSA) is 40.5 Å². The van der Waals surface area contributed by atoms with Crippen LogP contribution in [-0.4, -0.2) is 35.6 Å². The van der Waals surface area contributed by atoms with E-state index in [0.717, 1.165) is 50.8 Å². The Morgan fingerprint density at radius 2 is 2.00 bits per heavy atom. The predicted octanol–water partition coefficient (Wildman–Crippen LogP) is 2.24. The third-order valence-electron chi connectivity index (χ3n) is 3.50. The van der Waals surface area contributed by atoms with Crippen molar-refractivity contribution in [1.29, 1.82) is 0 Å². The number of fused-ring (bicyclic) bond motifs is 1. The van der Waals surface area contributed by atoms with E-state index in [-0.39, 0.29) is 12.5 Å². The number of unbranched alkanes of at least 4 members (excludes halogenated alkanes) is 2.